The summed E-state index contributed by atoms with van der Waals surface area (Å²) in [5, 5.41) is 6.11. The van der Waals surface area contributed by atoms with Gasteiger partial charge in [-0.15, -0.1) is 0 Å². The molecule has 2 rings (SSSR count). The van der Waals surface area contributed by atoms with Gasteiger partial charge in [-0.1, -0.05) is 31.5 Å². The monoisotopic (exact) mass is 374 g/mol. The minimum atomic E-state index is -0.673. The molecule has 2 aromatic carbocycles. The number of rotatable bonds is 7. The molecule has 0 aromatic heterocycles. The van der Waals surface area contributed by atoms with Crippen molar-refractivity contribution in [1.82, 2.24) is 5.32 Å². The van der Waals surface area contributed by atoms with Gasteiger partial charge in [0.05, 0.1) is 6.61 Å². The zero-order valence-electron chi connectivity index (χ0n) is 15.1. The second-order valence-corrected chi connectivity index (χ2v) is 6.59. The van der Waals surface area contributed by atoms with Gasteiger partial charge in [0.1, 0.15) is 11.8 Å². The molecule has 0 aliphatic heterocycles. The van der Waals surface area contributed by atoms with E-state index >= 15 is 0 Å². The summed E-state index contributed by atoms with van der Waals surface area (Å²) in [5.74, 6) is 0.0125. The molecule has 26 heavy (non-hydrogen) atoms. The number of carbonyl (C=O) groups excluding carboxylic acids is 2. The number of hydrogen-bond donors (Lipinski definition) is 2. The largest absolute Gasteiger partial charge is 0.494 e. The van der Waals surface area contributed by atoms with Crippen LogP contribution in [0.4, 0.5) is 5.69 Å². The molecule has 2 aromatic rings. The van der Waals surface area contributed by atoms with E-state index in [1.807, 2.05) is 20.8 Å². The zero-order valence-corrected chi connectivity index (χ0v) is 15.8. The number of amides is 2. The highest BCUT2D eigenvalue weighted by Gasteiger charge is 2.24. The van der Waals surface area contributed by atoms with E-state index in [2.05, 4.69) is 10.6 Å². The maximum absolute atomic E-state index is 12.6. The van der Waals surface area contributed by atoms with Crippen molar-refractivity contribution in [2.24, 2.45) is 5.92 Å². The first kappa shape index (κ1) is 19.8. The molecule has 1 atom stereocenters. The van der Waals surface area contributed by atoms with Crippen molar-refractivity contribution in [3.05, 3.63) is 59.1 Å². The van der Waals surface area contributed by atoms with Crippen LogP contribution in [0.15, 0.2) is 48.5 Å². The smallest absolute Gasteiger partial charge is 0.251 e. The maximum atomic E-state index is 12.6. The minimum absolute atomic E-state index is 0.0826. The Balaban J connectivity index is 2.06. The van der Waals surface area contributed by atoms with Crippen LogP contribution in [0, 0.1) is 5.92 Å². The summed E-state index contributed by atoms with van der Waals surface area (Å²) in [7, 11) is 0. The van der Waals surface area contributed by atoms with Crippen LogP contribution in [0.2, 0.25) is 5.02 Å². The van der Waals surface area contributed by atoms with E-state index in [0.717, 1.165) is 0 Å². The molecule has 0 saturated heterocycles. The Labute approximate surface area is 158 Å². The minimum Gasteiger partial charge on any atom is -0.494 e. The summed E-state index contributed by atoms with van der Waals surface area (Å²) < 4.78 is 5.37. The van der Waals surface area contributed by atoms with Gasteiger partial charge in [0.25, 0.3) is 5.91 Å². The van der Waals surface area contributed by atoms with Crippen molar-refractivity contribution >= 4 is 29.1 Å². The van der Waals surface area contributed by atoms with E-state index in [4.69, 9.17) is 16.3 Å². The standard InChI is InChI=1S/C20H23ClN2O3/c1-4-26-17-10-8-14(9-11-17)19(24)23-18(13(2)3)20(25)22-16-7-5-6-15(21)12-16/h5-13,18H,4H2,1-3H3,(H,22,25)(H,23,24)/t18-/m0/s1. The molecule has 0 saturated carbocycles. The molecule has 0 aliphatic carbocycles. The van der Waals surface area contributed by atoms with Crippen molar-refractivity contribution in [2.75, 3.05) is 11.9 Å². The van der Waals surface area contributed by atoms with Gasteiger partial charge in [-0.3, -0.25) is 9.59 Å². The van der Waals surface area contributed by atoms with E-state index in [0.29, 0.717) is 28.6 Å². The number of benzene rings is 2. The molecule has 0 heterocycles. The summed E-state index contributed by atoms with van der Waals surface area (Å²) >= 11 is 5.94. The second-order valence-electron chi connectivity index (χ2n) is 6.15. The van der Waals surface area contributed by atoms with Gasteiger partial charge >= 0.3 is 0 Å². The Morgan fingerprint density at radius 1 is 1.12 bits per heavy atom. The topological polar surface area (TPSA) is 67.4 Å². The molecule has 2 amide bonds. The molecule has 0 aliphatic rings. The van der Waals surface area contributed by atoms with Crippen LogP contribution < -0.4 is 15.4 Å². The van der Waals surface area contributed by atoms with Gasteiger partial charge in [0.2, 0.25) is 5.91 Å². The predicted octanol–water partition coefficient (Wildman–Crippen LogP) is 4.13. The molecule has 0 bridgehead atoms. The number of hydrogen-bond acceptors (Lipinski definition) is 3. The lowest BCUT2D eigenvalue weighted by molar-refractivity contribution is -0.118. The maximum Gasteiger partial charge on any atom is 0.251 e. The van der Waals surface area contributed by atoms with Crippen LogP contribution in [0.1, 0.15) is 31.1 Å². The molecule has 0 spiro atoms. The number of nitrogens with one attached hydrogen (secondary N) is 2. The Morgan fingerprint density at radius 3 is 2.38 bits per heavy atom. The highest BCUT2D eigenvalue weighted by atomic mass is 35.5. The molecule has 6 heteroatoms. The first-order valence-corrected chi connectivity index (χ1v) is 8.88. The van der Waals surface area contributed by atoms with E-state index < -0.39 is 6.04 Å². The number of carbonyl (C=O) groups is 2. The molecule has 2 N–H and O–H groups in total. The van der Waals surface area contributed by atoms with E-state index in [1.165, 1.54) is 0 Å². The van der Waals surface area contributed by atoms with Gasteiger partial charge in [-0.25, -0.2) is 0 Å². The Kier molecular flexibility index (Phi) is 7.04. The number of halogens is 1. The molecule has 138 valence electrons. The van der Waals surface area contributed by atoms with E-state index in [9.17, 15) is 9.59 Å². The third kappa shape index (κ3) is 5.49. The molecule has 5 nitrogen and oxygen atoms in total. The second kappa shape index (κ2) is 9.25. The van der Waals surface area contributed by atoms with Crippen LogP contribution in [0.5, 0.6) is 5.75 Å². The van der Waals surface area contributed by atoms with Gasteiger partial charge in [0.15, 0.2) is 0 Å². The SMILES string of the molecule is CCOc1ccc(C(=O)N[C@H](C(=O)Nc2cccc(Cl)c2)C(C)C)cc1. The fourth-order valence-corrected chi connectivity index (χ4v) is 2.61. The van der Waals surface area contributed by atoms with Crippen molar-refractivity contribution in [3.8, 4) is 5.75 Å². The van der Waals surface area contributed by atoms with Gasteiger partial charge in [0, 0.05) is 16.3 Å². The summed E-state index contributed by atoms with van der Waals surface area (Å²) in [5.41, 5.74) is 1.05. The Hall–Kier alpha value is -2.53. The lowest BCUT2D eigenvalue weighted by Crippen LogP contribution is -2.47. The fraction of sp³-hybridized carbons (Fsp3) is 0.300. The number of ether oxygens (including phenoxy) is 1. The first-order chi connectivity index (χ1) is 12.4. The molecule has 0 radical (unpaired) electrons. The van der Waals surface area contributed by atoms with Crippen molar-refractivity contribution in [2.45, 2.75) is 26.8 Å². The van der Waals surface area contributed by atoms with Gasteiger partial charge in [-0.05, 0) is 55.3 Å². The van der Waals surface area contributed by atoms with Crippen molar-refractivity contribution in [1.29, 1.82) is 0 Å². The van der Waals surface area contributed by atoms with Gasteiger partial charge in [-0.2, -0.15) is 0 Å². The zero-order chi connectivity index (χ0) is 19.1. The average Bonchev–Trinajstić information content (AvgIpc) is 2.60. The highest BCUT2D eigenvalue weighted by Crippen LogP contribution is 2.17. The summed E-state index contributed by atoms with van der Waals surface area (Å²) in [6.45, 7) is 6.21. The molecular formula is C20H23ClN2O3. The Bertz CT molecular complexity index is 760. The van der Waals surface area contributed by atoms with Gasteiger partial charge < -0.3 is 15.4 Å². The van der Waals surface area contributed by atoms with E-state index in [1.54, 1.807) is 48.5 Å². The Morgan fingerprint density at radius 2 is 1.81 bits per heavy atom. The van der Waals surface area contributed by atoms with Crippen LogP contribution in [-0.4, -0.2) is 24.5 Å². The number of anilines is 1. The molecule has 0 unspecified atom stereocenters. The predicted molar refractivity (Wildman–Crippen MR) is 104 cm³/mol. The third-order valence-electron chi connectivity index (χ3n) is 3.76. The third-order valence-corrected chi connectivity index (χ3v) is 3.99. The summed E-state index contributed by atoms with van der Waals surface area (Å²) in [4.78, 5) is 25.1. The fourth-order valence-electron chi connectivity index (χ4n) is 2.41. The summed E-state index contributed by atoms with van der Waals surface area (Å²) in [6.07, 6.45) is 0. The lowest BCUT2D eigenvalue weighted by atomic mass is 10.0. The normalized spacial score (nSPS) is 11.7. The molecular weight excluding hydrogens is 352 g/mol. The van der Waals surface area contributed by atoms with E-state index in [-0.39, 0.29) is 17.7 Å². The van der Waals surface area contributed by atoms with Crippen LogP contribution in [0.3, 0.4) is 0 Å². The quantitative estimate of drug-likeness (QED) is 0.765. The summed E-state index contributed by atoms with van der Waals surface area (Å²) in [6, 6.07) is 13.0. The van der Waals surface area contributed by atoms with Crippen LogP contribution in [-0.2, 0) is 4.79 Å². The van der Waals surface area contributed by atoms with Crippen molar-refractivity contribution < 1.29 is 14.3 Å². The average molecular weight is 375 g/mol. The van der Waals surface area contributed by atoms with Crippen molar-refractivity contribution in [3.63, 3.8) is 0 Å². The van der Waals surface area contributed by atoms with Crippen LogP contribution >= 0.6 is 11.6 Å². The molecule has 0 fully saturated rings. The van der Waals surface area contributed by atoms with Crippen LogP contribution in [0.25, 0.3) is 0 Å². The lowest BCUT2D eigenvalue weighted by Gasteiger charge is -2.22. The highest BCUT2D eigenvalue weighted by molar-refractivity contribution is 6.30. The first-order valence-electron chi connectivity index (χ1n) is 8.51.